The molecule has 1 aliphatic rings. The van der Waals surface area contributed by atoms with Crippen molar-refractivity contribution in [2.24, 2.45) is 0 Å². The maximum atomic E-state index is 11.6. The fourth-order valence-electron chi connectivity index (χ4n) is 1.40. The first-order chi connectivity index (χ1) is 7.05. The normalized spacial score (nSPS) is 16.6. The van der Waals surface area contributed by atoms with Crippen LogP contribution in [0.1, 0.15) is 24.0 Å². The van der Waals surface area contributed by atoms with Crippen molar-refractivity contribution in [1.82, 2.24) is 4.72 Å². The topological polar surface area (TPSA) is 46.2 Å². The van der Waals surface area contributed by atoms with Gasteiger partial charge in [-0.3, -0.25) is 0 Å². The highest BCUT2D eigenvalue weighted by atomic mass is 32.2. The van der Waals surface area contributed by atoms with Gasteiger partial charge < -0.3 is 0 Å². The first-order valence-corrected chi connectivity index (χ1v) is 6.76. The van der Waals surface area contributed by atoms with Gasteiger partial charge in [-0.15, -0.1) is 0 Å². The molecule has 0 saturated heterocycles. The van der Waals surface area contributed by atoms with Crippen LogP contribution in [0.4, 0.5) is 0 Å². The largest absolute Gasteiger partial charge is 0.216 e. The van der Waals surface area contributed by atoms with Crippen molar-refractivity contribution in [2.75, 3.05) is 0 Å². The van der Waals surface area contributed by atoms with Crippen LogP contribution in [0.25, 0.3) is 0 Å². The van der Waals surface area contributed by atoms with Crippen molar-refractivity contribution in [3.63, 3.8) is 0 Å². The number of benzene rings is 1. The lowest BCUT2D eigenvalue weighted by Gasteiger charge is -2.05. The van der Waals surface area contributed by atoms with Crippen molar-refractivity contribution in [3.05, 3.63) is 35.4 Å². The number of nitrogens with one attached hydrogen (secondary N) is 1. The summed E-state index contributed by atoms with van der Waals surface area (Å²) in [6.07, 6.45) is 1.96. The summed E-state index contributed by atoms with van der Waals surface area (Å²) in [7, 11) is -3.13. The predicted molar refractivity (Wildman–Crippen MR) is 60.0 cm³/mol. The minimum Gasteiger partial charge on any atom is -0.212 e. The van der Waals surface area contributed by atoms with E-state index in [9.17, 15) is 8.42 Å². The molecule has 0 amide bonds. The van der Waals surface area contributed by atoms with Gasteiger partial charge in [-0.1, -0.05) is 29.8 Å². The van der Waals surface area contributed by atoms with Gasteiger partial charge in [-0.25, -0.2) is 13.1 Å². The summed E-state index contributed by atoms with van der Waals surface area (Å²) in [5, 5.41) is 0. The average molecular weight is 225 g/mol. The zero-order valence-corrected chi connectivity index (χ0v) is 9.55. The average Bonchev–Trinajstić information content (AvgIpc) is 2.91. The van der Waals surface area contributed by atoms with E-state index in [1.54, 1.807) is 0 Å². The van der Waals surface area contributed by atoms with Crippen LogP contribution in [0.2, 0.25) is 0 Å². The van der Waals surface area contributed by atoms with E-state index in [1.165, 1.54) is 0 Å². The lowest BCUT2D eigenvalue weighted by Crippen LogP contribution is -2.27. The van der Waals surface area contributed by atoms with Crippen LogP contribution in [0.3, 0.4) is 0 Å². The molecule has 0 unspecified atom stereocenters. The number of hydrogen-bond acceptors (Lipinski definition) is 2. The highest BCUT2D eigenvalue weighted by Crippen LogP contribution is 2.20. The Morgan fingerprint density at radius 2 is 1.87 bits per heavy atom. The van der Waals surface area contributed by atoms with Crippen LogP contribution in [-0.2, 0) is 15.8 Å². The number of rotatable bonds is 4. The third-order valence-corrected chi connectivity index (χ3v) is 3.81. The molecule has 0 heterocycles. The van der Waals surface area contributed by atoms with E-state index in [0.717, 1.165) is 24.0 Å². The summed E-state index contributed by atoms with van der Waals surface area (Å²) in [5.41, 5.74) is 1.99. The molecule has 0 aromatic heterocycles. The Labute approximate surface area is 90.6 Å². The zero-order valence-electron chi connectivity index (χ0n) is 8.73. The Kier molecular flexibility index (Phi) is 2.80. The molecule has 1 N–H and O–H groups in total. The summed E-state index contributed by atoms with van der Waals surface area (Å²) >= 11 is 0. The maximum Gasteiger partial charge on any atom is 0.216 e. The third kappa shape index (κ3) is 3.32. The van der Waals surface area contributed by atoms with Crippen LogP contribution >= 0.6 is 0 Å². The smallest absolute Gasteiger partial charge is 0.212 e. The molecule has 15 heavy (non-hydrogen) atoms. The van der Waals surface area contributed by atoms with Crippen LogP contribution in [0, 0.1) is 6.92 Å². The molecule has 1 aromatic carbocycles. The van der Waals surface area contributed by atoms with Gasteiger partial charge in [0.05, 0.1) is 5.75 Å². The molecule has 0 bridgehead atoms. The van der Waals surface area contributed by atoms with Crippen LogP contribution in [0.15, 0.2) is 24.3 Å². The lowest BCUT2D eigenvalue weighted by atomic mass is 10.2. The van der Waals surface area contributed by atoms with Crippen molar-refractivity contribution in [1.29, 1.82) is 0 Å². The number of sulfonamides is 1. The van der Waals surface area contributed by atoms with Crippen molar-refractivity contribution >= 4 is 10.0 Å². The van der Waals surface area contributed by atoms with E-state index >= 15 is 0 Å². The molecule has 3 nitrogen and oxygen atoms in total. The van der Waals surface area contributed by atoms with Gasteiger partial charge in [0.25, 0.3) is 0 Å². The third-order valence-electron chi connectivity index (χ3n) is 2.40. The Hall–Kier alpha value is -0.870. The molecule has 2 rings (SSSR count). The van der Waals surface area contributed by atoms with E-state index in [0.29, 0.717) is 0 Å². The minimum absolute atomic E-state index is 0.0871. The monoisotopic (exact) mass is 225 g/mol. The quantitative estimate of drug-likeness (QED) is 0.845. The molecule has 0 atom stereocenters. The highest BCUT2D eigenvalue weighted by molar-refractivity contribution is 7.88. The molecule has 1 aromatic rings. The maximum absolute atomic E-state index is 11.6. The molecule has 0 spiro atoms. The SMILES string of the molecule is Cc1ccc(CS(=O)(=O)NC2CC2)cc1. The Morgan fingerprint density at radius 1 is 1.27 bits per heavy atom. The molecule has 0 radical (unpaired) electrons. The molecule has 0 aliphatic heterocycles. The Balaban J connectivity index is 2.03. The first-order valence-electron chi connectivity index (χ1n) is 5.11. The molecule has 4 heteroatoms. The summed E-state index contributed by atoms with van der Waals surface area (Å²) in [4.78, 5) is 0. The fourth-order valence-corrected chi connectivity index (χ4v) is 2.86. The number of hydrogen-bond donors (Lipinski definition) is 1. The van der Waals surface area contributed by atoms with Crippen molar-refractivity contribution in [2.45, 2.75) is 31.6 Å². The summed E-state index contributed by atoms with van der Waals surface area (Å²) < 4.78 is 25.9. The standard InChI is InChI=1S/C11H15NO2S/c1-9-2-4-10(5-3-9)8-15(13,14)12-11-6-7-11/h2-5,11-12H,6-8H2,1H3. The van der Waals surface area contributed by atoms with Crippen molar-refractivity contribution < 1.29 is 8.42 Å². The van der Waals surface area contributed by atoms with Gasteiger partial charge in [0.2, 0.25) is 10.0 Å². The van der Waals surface area contributed by atoms with E-state index in [4.69, 9.17) is 0 Å². The molecule has 1 saturated carbocycles. The van der Waals surface area contributed by atoms with E-state index in [-0.39, 0.29) is 11.8 Å². The Morgan fingerprint density at radius 3 is 2.40 bits per heavy atom. The van der Waals surface area contributed by atoms with E-state index in [2.05, 4.69) is 4.72 Å². The first kappa shape index (κ1) is 10.6. The molecule has 82 valence electrons. The lowest BCUT2D eigenvalue weighted by molar-refractivity contribution is 0.580. The number of aryl methyl sites for hydroxylation is 1. The molecular weight excluding hydrogens is 210 g/mol. The van der Waals surface area contributed by atoms with Crippen molar-refractivity contribution in [3.8, 4) is 0 Å². The zero-order chi connectivity index (χ0) is 10.9. The molecular formula is C11H15NO2S. The molecule has 1 fully saturated rings. The predicted octanol–water partition coefficient (Wildman–Crippen LogP) is 1.58. The van der Waals surface area contributed by atoms with Gasteiger partial charge in [-0.05, 0) is 25.3 Å². The summed E-state index contributed by atoms with van der Waals surface area (Å²) in [6.45, 7) is 1.99. The van der Waals surface area contributed by atoms with Gasteiger partial charge in [-0.2, -0.15) is 0 Å². The molecule has 1 aliphatic carbocycles. The van der Waals surface area contributed by atoms with Gasteiger partial charge >= 0.3 is 0 Å². The second-order valence-corrected chi connectivity index (χ2v) is 5.89. The second kappa shape index (κ2) is 3.94. The van der Waals surface area contributed by atoms with Gasteiger partial charge in [0.1, 0.15) is 0 Å². The van der Waals surface area contributed by atoms with Crippen LogP contribution < -0.4 is 4.72 Å². The summed E-state index contributed by atoms with van der Waals surface area (Å²) in [6, 6.07) is 7.79. The summed E-state index contributed by atoms with van der Waals surface area (Å²) in [5.74, 6) is 0.0871. The van der Waals surface area contributed by atoms with Crippen LogP contribution in [0.5, 0.6) is 0 Å². The Bertz CT molecular complexity index is 432. The van der Waals surface area contributed by atoms with E-state index < -0.39 is 10.0 Å². The highest BCUT2D eigenvalue weighted by Gasteiger charge is 2.26. The second-order valence-electron chi connectivity index (χ2n) is 4.14. The van der Waals surface area contributed by atoms with E-state index in [1.807, 2.05) is 31.2 Å². The van der Waals surface area contributed by atoms with Gasteiger partial charge in [0.15, 0.2) is 0 Å². The van der Waals surface area contributed by atoms with Gasteiger partial charge in [0, 0.05) is 6.04 Å². The fraction of sp³-hybridized carbons (Fsp3) is 0.455. The minimum atomic E-state index is -3.13. The van der Waals surface area contributed by atoms with Crippen LogP contribution in [-0.4, -0.2) is 14.5 Å².